The highest BCUT2D eigenvalue weighted by molar-refractivity contribution is 9.10. The molecule has 1 aromatic carbocycles. The first kappa shape index (κ1) is 17.2. The molecule has 0 bridgehead atoms. The maximum absolute atomic E-state index is 13.2. The first-order valence-electron chi connectivity index (χ1n) is 7.13. The number of likely N-dealkylation sites (N-methyl/N-ethyl adjacent to an activating group) is 1. The molecular formula is C14H16BrFN2O3S2. The first-order valence-corrected chi connectivity index (χ1v) is 10.5. The van der Waals surface area contributed by atoms with Crippen molar-refractivity contribution in [1.82, 2.24) is 9.21 Å². The van der Waals surface area contributed by atoms with Gasteiger partial charge in [-0.2, -0.15) is 4.31 Å². The summed E-state index contributed by atoms with van der Waals surface area (Å²) in [6.45, 7) is 0. The minimum Gasteiger partial charge on any atom is -0.341 e. The van der Waals surface area contributed by atoms with Gasteiger partial charge in [0.05, 0.1) is 10.8 Å². The van der Waals surface area contributed by atoms with Gasteiger partial charge in [0.2, 0.25) is 15.9 Å². The van der Waals surface area contributed by atoms with Crippen molar-refractivity contribution in [2.24, 2.45) is 0 Å². The van der Waals surface area contributed by atoms with E-state index in [1.165, 1.54) is 22.1 Å². The monoisotopic (exact) mass is 422 g/mol. The third-order valence-corrected chi connectivity index (χ3v) is 8.06. The molecule has 1 aliphatic carbocycles. The number of halogens is 2. The molecule has 23 heavy (non-hydrogen) atoms. The van der Waals surface area contributed by atoms with Crippen LogP contribution in [0, 0.1) is 5.82 Å². The molecule has 1 amide bonds. The fourth-order valence-electron chi connectivity index (χ4n) is 2.55. The van der Waals surface area contributed by atoms with Crippen LogP contribution in [-0.4, -0.2) is 54.3 Å². The topological polar surface area (TPSA) is 57.7 Å². The Bertz CT molecular complexity index is 740. The number of hydrogen-bond acceptors (Lipinski definition) is 4. The predicted molar refractivity (Wildman–Crippen MR) is 90.0 cm³/mol. The van der Waals surface area contributed by atoms with Gasteiger partial charge in [-0.05, 0) is 47.0 Å². The van der Waals surface area contributed by atoms with E-state index in [1.807, 2.05) is 0 Å². The van der Waals surface area contributed by atoms with E-state index in [-0.39, 0.29) is 27.2 Å². The summed E-state index contributed by atoms with van der Waals surface area (Å²) in [4.78, 5) is 14.2. The van der Waals surface area contributed by atoms with Gasteiger partial charge in [-0.15, -0.1) is 11.8 Å². The van der Waals surface area contributed by atoms with Gasteiger partial charge in [0, 0.05) is 23.3 Å². The van der Waals surface area contributed by atoms with E-state index in [9.17, 15) is 17.6 Å². The van der Waals surface area contributed by atoms with E-state index in [2.05, 4.69) is 15.9 Å². The molecule has 2 aliphatic rings. The largest absolute Gasteiger partial charge is 0.341 e. The van der Waals surface area contributed by atoms with Crippen LogP contribution in [0.15, 0.2) is 27.6 Å². The normalized spacial score (nSPS) is 22.3. The summed E-state index contributed by atoms with van der Waals surface area (Å²) in [5, 5.41) is 0. The van der Waals surface area contributed by atoms with Crippen LogP contribution in [0.3, 0.4) is 0 Å². The third-order valence-electron chi connectivity index (χ3n) is 4.05. The van der Waals surface area contributed by atoms with E-state index < -0.39 is 21.9 Å². The van der Waals surface area contributed by atoms with Crippen molar-refractivity contribution in [3.63, 3.8) is 0 Å². The molecule has 5 nitrogen and oxygen atoms in total. The lowest BCUT2D eigenvalue weighted by Crippen LogP contribution is -2.48. The van der Waals surface area contributed by atoms with Gasteiger partial charge in [-0.1, -0.05) is 0 Å². The molecule has 1 unspecified atom stereocenters. The van der Waals surface area contributed by atoms with E-state index in [0.29, 0.717) is 5.75 Å². The number of hydrogen-bond donors (Lipinski definition) is 0. The maximum Gasteiger partial charge on any atom is 0.245 e. The smallest absolute Gasteiger partial charge is 0.245 e. The second-order valence-electron chi connectivity index (χ2n) is 5.66. The van der Waals surface area contributed by atoms with Crippen LogP contribution in [0.4, 0.5) is 4.39 Å². The summed E-state index contributed by atoms with van der Waals surface area (Å²) >= 11 is 4.51. The van der Waals surface area contributed by atoms with Gasteiger partial charge >= 0.3 is 0 Å². The van der Waals surface area contributed by atoms with Gasteiger partial charge in [0.15, 0.2) is 0 Å². The second-order valence-corrected chi connectivity index (χ2v) is 9.38. The van der Waals surface area contributed by atoms with Gasteiger partial charge in [0.1, 0.15) is 11.9 Å². The summed E-state index contributed by atoms with van der Waals surface area (Å²) < 4.78 is 40.4. The Kier molecular flexibility index (Phi) is 4.74. The lowest BCUT2D eigenvalue weighted by Gasteiger charge is -2.27. The number of thioether (sulfide) groups is 1. The van der Waals surface area contributed by atoms with Crippen LogP contribution in [0.2, 0.25) is 0 Å². The maximum atomic E-state index is 13.2. The van der Waals surface area contributed by atoms with Gasteiger partial charge in [0.25, 0.3) is 0 Å². The molecule has 0 aromatic heterocycles. The molecule has 1 saturated heterocycles. The zero-order valence-electron chi connectivity index (χ0n) is 12.4. The number of carbonyl (C=O) groups is 1. The Hall–Kier alpha value is -0.640. The van der Waals surface area contributed by atoms with Crippen molar-refractivity contribution < 1.29 is 17.6 Å². The van der Waals surface area contributed by atoms with Crippen LogP contribution in [-0.2, 0) is 14.8 Å². The number of rotatable bonds is 4. The van der Waals surface area contributed by atoms with E-state index >= 15 is 0 Å². The summed E-state index contributed by atoms with van der Waals surface area (Å²) in [5.41, 5.74) is 0. The van der Waals surface area contributed by atoms with E-state index in [4.69, 9.17) is 0 Å². The van der Waals surface area contributed by atoms with Crippen LogP contribution in [0.1, 0.15) is 12.8 Å². The van der Waals surface area contributed by atoms with Crippen LogP contribution >= 0.6 is 27.7 Å². The molecule has 0 radical (unpaired) electrons. The number of amides is 1. The number of carbonyl (C=O) groups excluding carboxylic acids is 1. The number of nitrogens with zero attached hydrogens (tertiary/aromatic N) is 2. The first-order chi connectivity index (χ1) is 10.8. The fraction of sp³-hybridized carbons (Fsp3) is 0.500. The average Bonchev–Trinajstić information content (AvgIpc) is 3.21. The van der Waals surface area contributed by atoms with Crippen molar-refractivity contribution in [3.05, 3.63) is 28.5 Å². The van der Waals surface area contributed by atoms with Crippen molar-refractivity contribution in [2.75, 3.05) is 18.7 Å². The van der Waals surface area contributed by atoms with E-state index in [0.717, 1.165) is 25.0 Å². The summed E-state index contributed by atoms with van der Waals surface area (Å²) in [5.74, 6) is -0.0262. The van der Waals surface area contributed by atoms with Crippen LogP contribution in [0.25, 0.3) is 0 Å². The minimum absolute atomic E-state index is 0.0201. The highest BCUT2D eigenvalue weighted by Crippen LogP contribution is 2.34. The highest BCUT2D eigenvalue weighted by atomic mass is 79.9. The molecule has 9 heteroatoms. The Morgan fingerprint density at radius 3 is 2.74 bits per heavy atom. The molecule has 1 heterocycles. The molecule has 0 N–H and O–H groups in total. The standard InChI is InChI=1S/C14H16BrFN2O3S2/c1-17(10-3-4-10)14(19)12-7-22-8-18(12)23(20,21)13-5-2-9(16)6-11(13)15/h2,5-6,10,12H,3-4,7-8H2,1H3. The molecule has 1 saturated carbocycles. The molecule has 1 aromatic rings. The Labute approximate surface area is 147 Å². The van der Waals surface area contributed by atoms with Crippen LogP contribution in [0.5, 0.6) is 0 Å². The quantitative estimate of drug-likeness (QED) is 0.746. The molecule has 1 atom stereocenters. The fourth-order valence-corrected chi connectivity index (χ4v) is 6.69. The highest BCUT2D eigenvalue weighted by Gasteiger charge is 2.44. The predicted octanol–water partition coefficient (Wildman–Crippen LogP) is 2.27. The summed E-state index contributed by atoms with van der Waals surface area (Å²) in [6, 6.07) is 2.98. The Morgan fingerprint density at radius 2 is 2.13 bits per heavy atom. The molecule has 0 spiro atoms. The third kappa shape index (κ3) is 3.29. The summed E-state index contributed by atoms with van der Waals surface area (Å²) in [7, 11) is -2.14. The van der Waals surface area contributed by atoms with Gasteiger partial charge in [-0.25, -0.2) is 12.8 Å². The van der Waals surface area contributed by atoms with Crippen LogP contribution < -0.4 is 0 Å². The minimum atomic E-state index is -3.87. The lowest BCUT2D eigenvalue weighted by atomic mass is 10.3. The van der Waals surface area contributed by atoms with Crippen molar-refractivity contribution in [2.45, 2.75) is 29.8 Å². The molecule has 126 valence electrons. The molecule has 2 fully saturated rings. The van der Waals surface area contributed by atoms with Crippen molar-refractivity contribution in [3.8, 4) is 0 Å². The molecular weight excluding hydrogens is 407 g/mol. The van der Waals surface area contributed by atoms with E-state index in [1.54, 1.807) is 11.9 Å². The van der Waals surface area contributed by atoms with Crippen molar-refractivity contribution >= 4 is 43.6 Å². The molecule has 3 rings (SSSR count). The number of benzene rings is 1. The molecule has 1 aliphatic heterocycles. The zero-order valence-corrected chi connectivity index (χ0v) is 15.6. The van der Waals surface area contributed by atoms with Crippen molar-refractivity contribution in [1.29, 1.82) is 0 Å². The van der Waals surface area contributed by atoms with Gasteiger partial charge < -0.3 is 4.90 Å². The zero-order chi connectivity index (χ0) is 16.8. The van der Waals surface area contributed by atoms with Gasteiger partial charge in [-0.3, -0.25) is 4.79 Å². The SMILES string of the molecule is CN(C(=O)C1CSCN1S(=O)(=O)c1ccc(F)cc1Br)C1CC1. The Morgan fingerprint density at radius 1 is 1.43 bits per heavy atom. The number of sulfonamides is 1. The Balaban J connectivity index is 1.90. The average molecular weight is 423 g/mol. The second kappa shape index (κ2) is 6.34. The lowest BCUT2D eigenvalue weighted by molar-refractivity contribution is -0.133. The summed E-state index contributed by atoms with van der Waals surface area (Å²) in [6.07, 6.45) is 1.94.